The highest BCUT2D eigenvalue weighted by atomic mass is 16.3. The second-order valence-corrected chi connectivity index (χ2v) is 6.51. The fourth-order valence-electron chi connectivity index (χ4n) is 2.42. The molecule has 3 nitrogen and oxygen atoms in total. The zero-order valence-electron chi connectivity index (χ0n) is 16.5. The summed E-state index contributed by atoms with van der Waals surface area (Å²) < 4.78 is 0. The van der Waals surface area contributed by atoms with Gasteiger partial charge in [-0.3, -0.25) is 4.79 Å². The van der Waals surface area contributed by atoms with E-state index in [1.54, 1.807) is 0 Å². The summed E-state index contributed by atoms with van der Waals surface area (Å²) in [5.74, 6) is -0.655. The number of carbonyl (C=O) groups is 1. The van der Waals surface area contributed by atoms with Crippen LogP contribution in [0.2, 0.25) is 0 Å². The molecule has 0 aliphatic heterocycles. The molecule has 3 heteroatoms. The number of hydrogen-bond donors (Lipinski definition) is 2. The lowest BCUT2D eigenvalue weighted by Crippen LogP contribution is -2.21. The number of carbonyl (C=O) groups excluding carboxylic acids is 1. The molecule has 2 N–H and O–H groups in total. The van der Waals surface area contributed by atoms with Gasteiger partial charge in [0.1, 0.15) is 5.78 Å². The van der Waals surface area contributed by atoms with Crippen LogP contribution in [0.15, 0.2) is 48.6 Å². The van der Waals surface area contributed by atoms with Crippen molar-refractivity contribution in [3.63, 3.8) is 0 Å². The predicted octanol–water partition coefficient (Wildman–Crippen LogP) is 5.30. The van der Waals surface area contributed by atoms with Crippen molar-refractivity contribution in [2.24, 2.45) is 5.92 Å². The quantitative estimate of drug-likeness (QED) is 0.273. The van der Waals surface area contributed by atoms with E-state index in [0.29, 0.717) is 6.42 Å². The van der Waals surface area contributed by atoms with Crippen LogP contribution in [0.5, 0.6) is 0 Å². The van der Waals surface area contributed by atoms with Gasteiger partial charge in [0, 0.05) is 6.42 Å². The summed E-state index contributed by atoms with van der Waals surface area (Å²) in [5.41, 5.74) is 0. The first-order valence-electron chi connectivity index (χ1n) is 10.1. The molecule has 0 aromatic heterocycles. The first kappa shape index (κ1) is 24.6. The zero-order valence-corrected chi connectivity index (χ0v) is 16.5. The van der Waals surface area contributed by atoms with Crippen molar-refractivity contribution in [1.82, 2.24) is 0 Å². The summed E-state index contributed by atoms with van der Waals surface area (Å²) in [6, 6.07) is 0. The molecule has 0 saturated heterocycles. The Hall–Kier alpha value is -1.45. The second-order valence-electron chi connectivity index (χ2n) is 6.51. The average molecular weight is 363 g/mol. The lowest BCUT2D eigenvalue weighted by atomic mass is 10.0. The van der Waals surface area contributed by atoms with Crippen molar-refractivity contribution in [2.45, 2.75) is 71.1 Å². The molecular weight excluding hydrogens is 324 g/mol. The molecule has 0 bridgehead atoms. The van der Waals surface area contributed by atoms with Gasteiger partial charge in [-0.15, -0.1) is 0 Å². The Kier molecular flexibility index (Phi) is 18.8. The smallest absolute Gasteiger partial charge is 0.140 e. The summed E-state index contributed by atoms with van der Waals surface area (Å²) in [7, 11) is 0. The number of unbranched alkanes of at least 4 members (excludes halogenated alkanes) is 4. The molecule has 0 aromatic carbocycles. The fraction of sp³-hybridized carbons (Fsp3) is 0.609. The summed E-state index contributed by atoms with van der Waals surface area (Å²) >= 11 is 0. The summed E-state index contributed by atoms with van der Waals surface area (Å²) in [6.07, 6.45) is 27.5. The topological polar surface area (TPSA) is 57.5 Å². The third-order valence-corrected chi connectivity index (χ3v) is 4.15. The van der Waals surface area contributed by atoms with E-state index >= 15 is 0 Å². The van der Waals surface area contributed by atoms with Crippen LogP contribution in [0.25, 0.3) is 0 Å². The molecule has 0 aromatic rings. The van der Waals surface area contributed by atoms with Crippen LogP contribution in [0.4, 0.5) is 0 Å². The van der Waals surface area contributed by atoms with E-state index in [2.05, 4.69) is 55.5 Å². The number of aliphatic hydroxyl groups is 2. The maximum atomic E-state index is 11.6. The van der Waals surface area contributed by atoms with E-state index in [4.69, 9.17) is 10.2 Å². The van der Waals surface area contributed by atoms with Crippen LogP contribution in [0.3, 0.4) is 0 Å². The van der Waals surface area contributed by atoms with E-state index in [0.717, 1.165) is 32.1 Å². The molecule has 0 atom stereocenters. The Morgan fingerprint density at radius 2 is 1.19 bits per heavy atom. The van der Waals surface area contributed by atoms with Crippen molar-refractivity contribution < 1.29 is 15.0 Å². The predicted molar refractivity (Wildman–Crippen MR) is 111 cm³/mol. The highest BCUT2D eigenvalue weighted by molar-refractivity contribution is 5.81. The van der Waals surface area contributed by atoms with Gasteiger partial charge < -0.3 is 10.2 Å². The minimum Gasteiger partial charge on any atom is -0.396 e. The van der Waals surface area contributed by atoms with Crippen molar-refractivity contribution in [3.05, 3.63) is 48.6 Å². The average Bonchev–Trinajstić information content (AvgIpc) is 2.65. The lowest BCUT2D eigenvalue weighted by molar-refractivity contribution is -0.125. The van der Waals surface area contributed by atoms with Gasteiger partial charge in [-0.1, -0.05) is 68.4 Å². The minimum atomic E-state index is -0.605. The first-order chi connectivity index (χ1) is 12.8. The highest BCUT2D eigenvalue weighted by Gasteiger charge is 2.14. The van der Waals surface area contributed by atoms with Crippen molar-refractivity contribution in [3.8, 4) is 0 Å². The molecule has 0 radical (unpaired) electrons. The number of aliphatic hydroxyl groups excluding tert-OH is 2. The Bertz CT molecular complexity index is 429. The second kappa shape index (κ2) is 19.9. The SMILES string of the molecule is CCCCC/C=C\C/C=C\C/C=C\C/C=C\CCCC(=O)C(CO)CO. The molecule has 0 aliphatic carbocycles. The monoisotopic (exact) mass is 362 g/mol. The largest absolute Gasteiger partial charge is 0.396 e. The molecule has 0 spiro atoms. The molecular formula is C23H38O3. The molecule has 148 valence electrons. The van der Waals surface area contributed by atoms with Crippen LogP contribution in [0.1, 0.15) is 71.1 Å². The molecule has 0 saturated carbocycles. The van der Waals surface area contributed by atoms with Gasteiger partial charge in [-0.25, -0.2) is 0 Å². The first-order valence-corrected chi connectivity index (χ1v) is 10.1. The number of Topliss-reactive ketones (excluding diaryl/α,β-unsaturated/α-hetero) is 1. The van der Waals surface area contributed by atoms with E-state index in [1.807, 2.05) is 0 Å². The number of hydrogen-bond acceptors (Lipinski definition) is 3. The lowest BCUT2D eigenvalue weighted by Gasteiger charge is -2.08. The Morgan fingerprint density at radius 3 is 1.65 bits per heavy atom. The number of allylic oxidation sites excluding steroid dienone is 8. The van der Waals surface area contributed by atoms with Gasteiger partial charge >= 0.3 is 0 Å². The Balaban J connectivity index is 3.56. The molecule has 0 unspecified atom stereocenters. The van der Waals surface area contributed by atoms with Crippen molar-refractivity contribution in [2.75, 3.05) is 13.2 Å². The van der Waals surface area contributed by atoms with Crippen LogP contribution < -0.4 is 0 Å². The van der Waals surface area contributed by atoms with Crippen LogP contribution in [-0.4, -0.2) is 29.2 Å². The fourth-order valence-corrected chi connectivity index (χ4v) is 2.42. The van der Waals surface area contributed by atoms with Gasteiger partial charge in [0.15, 0.2) is 0 Å². The van der Waals surface area contributed by atoms with E-state index in [1.165, 1.54) is 25.7 Å². The maximum absolute atomic E-state index is 11.6. The molecule has 26 heavy (non-hydrogen) atoms. The minimum absolute atomic E-state index is 0.0501. The zero-order chi connectivity index (χ0) is 19.3. The van der Waals surface area contributed by atoms with Gasteiger partial charge in [0.2, 0.25) is 0 Å². The normalized spacial score (nSPS) is 12.6. The van der Waals surface area contributed by atoms with Crippen molar-refractivity contribution in [1.29, 1.82) is 0 Å². The maximum Gasteiger partial charge on any atom is 0.140 e. The highest BCUT2D eigenvalue weighted by Crippen LogP contribution is 2.06. The van der Waals surface area contributed by atoms with Crippen molar-refractivity contribution >= 4 is 5.78 Å². The van der Waals surface area contributed by atoms with Gasteiger partial charge in [-0.2, -0.15) is 0 Å². The summed E-state index contributed by atoms with van der Waals surface area (Å²) in [6.45, 7) is 1.70. The van der Waals surface area contributed by atoms with Gasteiger partial charge in [0.05, 0.1) is 19.1 Å². The van der Waals surface area contributed by atoms with Crippen LogP contribution in [-0.2, 0) is 4.79 Å². The van der Waals surface area contributed by atoms with E-state index in [9.17, 15) is 4.79 Å². The van der Waals surface area contributed by atoms with Crippen LogP contribution in [0, 0.1) is 5.92 Å². The van der Waals surface area contributed by atoms with Crippen LogP contribution >= 0.6 is 0 Å². The summed E-state index contributed by atoms with van der Waals surface area (Å²) in [5, 5.41) is 17.9. The van der Waals surface area contributed by atoms with E-state index < -0.39 is 5.92 Å². The molecule has 0 fully saturated rings. The molecule has 0 amide bonds. The van der Waals surface area contributed by atoms with Gasteiger partial charge in [-0.05, 0) is 44.9 Å². The standard InChI is InChI=1S/C23H38O3/c1-2-3-4-5-6-7-8-9-10-11-12-13-14-15-16-17-18-19-23(26)22(20-24)21-25/h6-7,9-10,12-13,15-16,22,24-25H,2-5,8,11,14,17-21H2,1H3/b7-6-,10-9-,13-12-,16-15-. The van der Waals surface area contributed by atoms with E-state index in [-0.39, 0.29) is 19.0 Å². The third kappa shape index (κ3) is 16.0. The number of ketones is 1. The Labute approximate surface area is 160 Å². The number of rotatable bonds is 17. The van der Waals surface area contributed by atoms with Gasteiger partial charge in [0.25, 0.3) is 0 Å². The molecule has 0 rings (SSSR count). The molecule has 0 aliphatic rings. The third-order valence-electron chi connectivity index (χ3n) is 4.15. The summed E-state index contributed by atoms with van der Waals surface area (Å²) in [4.78, 5) is 11.6. The molecule has 0 heterocycles. The Morgan fingerprint density at radius 1 is 0.731 bits per heavy atom.